The molecule has 2 aromatic rings. The van der Waals surface area contributed by atoms with Crippen molar-refractivity contribution in [3.05, 3.63) is 52.4 Å². The van der Waals surface area contributed by atoms with E-state index in [0.717, 1.165) is 21.5 Å². The van der Waals surface area contributed by atoms with Crippen molar-refractivity contribution in [3.63, 3.8) is 0 Å². The molecule has 1 atom stereocenters. The number of carbonyl (C=O) groups excluding carboxylic acids is 1. The van der Waals surface area contributed by atoms with Crippen molar-refractivity contribution in [2.24, 2.45) is 0 Å². The van der Waals surface area contributed by atoms with Gasteiger partial charge in [0, 0.05) is 23.6 Å². The van der Waals surface area contributed by atoms with Crippen LogP contribution in [0.25, 0.3) is 0 Å². The highest BCUT2D eigenvalue weighted by molar-refractivity contribution is 9.10. The molecule has 1 aromatic heterocycles. The Kier molecular flexibility index (Phi) is 2.74. The van der Waals surface area contributed by atoms with E-state index < -0.39 is 0 Å². The largest absolute Gasteiger partial charge is 0.469 e. The number of rotatable bonds is 2. The van der Waals surface area contributed by atoms with Gasteiger partial charge in [0.05, 0.1) is 12.2 Å². The van der Waals surface area contributed by atoms with Gasteiger partial charge in [-0.15, -0.1) is 0 Å². The van der Waals surface area contributed by atoms with Crippen molar-refractivity contribution in [3.8, 4) is 0 Å². The highest BCUT2D eigenvalue weighted by Crippen LogP contribution is 2.39. The van der Waals surface area contributed by atoms with E-state index >= 15 is 0 Å². The lowest BCUT2D eigenvalue weighted by Crippen LogP contribution is -2.24. The molecule has 1 aliphatic heterocycles. The Morgan fingerprint density at radius 3 is 2.94 bits per heavy atom. The van der Waals surface area contributed by atoms with Crippen LogP contribution < -0.4 is 4.90 Å². The number of anilines is 1. The minimum atomic E-state index is -0.145. The molecule has 0 unspecified atom stereocenters. The first kappa shape index (κ1) is 11.5. The number of nitrogens with zero attached hydrogens (tertiary/aromatic N) is 1. The van der Waals surface area contributed by atoms with Gasteiger partial charge in [-0.25, -0.2) is 0 Å². The molecule has 0 radical (unpaired) electrons. The molecule has 1 amide bonds. The van der Waals surface area contributed by atoms with Crippen LogP contribution >= 0.6 is 15.9 Å². The molecule has 1 aromatic carbocycles. The topological polar surface area (TPSA) is 33.5 Å². The summed E-state index contributed by atoms with van der Waals surface area (Å²) in [7, 11) is 1.82. The van der Waals surface area contributed by atoms with E-state index in [0.29, 0.717) is 6.42 Å². The molecule has 3 rings (SSSR count). The maximum Gasteiger partial charge on any atom is 0.234 e. The van der Waals surface area contributed by atoms with E-state index in [4.69, 9.17) is 4.42 Å². The molecule has 0 aliphatic carbocycles. The lowest BCUT2D eigenvalue weighted by Gasteiger charge is -2.10. The van der Waals surface area contributed by atoms with Crippen molar-refractivity contribution in [2.75, 3.05) is 11.9 Å². The lowest BCUT2D eigenvalue weighted by atomic mass is 9.96. The van der Waals surface area contributed by atoms with Gasteiger partial charge in [0.1, 0.15) is 5.76 Å². The lowest BCUT2D eigenvalue weighted by molar-refractivity contribution is -0.119. The van der Waals surface area contributed by atoms with Crippen molar-refractivity contribution < 1.29 is 9.21 Å². The predicted molar refractivity (Wildman–Crippen MR) is 72.7 cm³/mol. The van der Waals surface area contributed by atoms with Gasteiger partial charge in [0.15, 0.2) is 0 Å². The van der Waals surface area contributed by atoms with Gasteiger partial charge in [-0.05, 0) is 35.9 Å². The Morgan fingerprint density at radius 1 is 1.39 bits per heavy atom. The van der Waals surface area contributed by atoms with Crippen LogP contribution in [0.15, 0.2) is 45.5 Å². The molecule has 18 heavy (non-hydrogen) atoms. The number of fused-ring (bicyclic) bond motifs is 1. The number of hydrogen-bond acceptors (Lipinski definition) is 2. The summed E-state index contributed by atoms with van der Waals surface area (Å²) >= 11 is 3.46. The fourth-order valence-electron chi connectivity index (χ4n) is 2.42. The van der Waals surface area contributed by atoms with Gasteiger partial charge in [0.2, 0.25) is 5.91 Å². The zero-order valence-corrected chi connectivity index (χ0v) is 11.5. The first-order chi connectivity index (χ1) is 8.66. The van der Waals surface area contributed by atoms with Crippen LogP contribution in [-0.4, -0.2) is 13.0 Å². The molecule has 0 N–H and O–H groups in total. The van der Waals surface area contributed by atoms with E-state index in [9.17, 15) is 4.79 Å². The number of halogens is 1. The fraction of sp³-hybridized carbons (Fsp3) is 0.214. The Balaban J connectivity index is 2.01. The number of hydrogen-bond donors (Lipinski definition) is 0. The van der Waals surface area contributed by atoms with Crippen LogP contribution in [0.2, 0.25) is 0 Å². The summed E-state index contributed by atoms with van der Waals surface area (Å²) in [5.41, 5.74) is 2.05. The highest BCUT2D eigenvalue weighted by atomic mass is 79.9. The number of amides is 1. The second-order valence-corrected chi connectivity index (χ2v) is 5.35. The van der Waals surface area contributed by atoms with Gasteiger partial charge >= 0.3 is 0 Å². The average molecular weight is 306 g/mol. The maximum atomic E-state index is 12.3. The van der Waals surface area contributed by atoms with Gasteiger partial charge in [-0.2, -0.15) is 0 Å². The van der Waals surface area contributed by atoms with Crippen LogP contribution in [0.4, 0.5) is 5.69 Å². The zero-order chi connectivity index (χ0) is 12.7. The molecular formula is C14H12BrNO2. The maximum absolute atomic E-state index is 12.3. The molecule has 92 valence electrons. The van der Waals surface area contributed by atoms with Crippen molar-refractivity contribution in [2.45, 2.75) is 12.3 Å². The molecule has 0 bridgehead atoms. The van der Waals surface area contributed by atoms with Crippen LogP contribution in [-0.2, 0) is 11.2 Å². The second kappa shape index (κ2) is 4.28. The quantitative estimate of drug-likeness (QED) is 0.852. The van der Waals surface area contributed by atoms with Crippen molar-refractivity contribution in [1.29, 1.82) is 0 Å². The smallest absolute Gasteiger partial charge is 0.234 e. The summed E-state index contributed by atoms with van der Waals surface area (Å²) in [5.74, 6) is 0.822. The van der Waals surface area contributed by atoms with E-state index in [1.807, 2.05) is 37.4 Å². The summed E-state index contributed by atoms with van der Waals surface area (Å²) < 4.78 is 6.34. The molecule has 3 nitrogen and oxygen atoms in total. The van der Waals surface area contributed by atoms with Crippen LogP contribution in [0, 0.1) is 0 Å². The van der Waals surface area contributed by atoms with Crippen molar-refractivity contribution >= 4 is 27.5 Å². The molecule has 2 heterocycles. The summed E-state index contributed by atoms with van der Waals surface area (Å²) in [5, 5.41) is 0. The summed E-state index contributed by atoms with van der Waals surface area (Å²) in [6.07, 6.45) is 2.25. The van der Waals surface area contributed by atoms with Crippen LogP contribution in [0.1, 0.15) is 17.2 Å². The fourth-order valence-corrected chi connectivity index (χ4v) is 2.80. The second-order valence-electron chi connectivity index (χ2n) is 4.44. The Hall–Kier alpha value is -1.55. The SMILES string of the molecule is CN1C(=O)[C@H](Cc2ccco2)c2cc(Br)ccc21. The Bertz CT molecular complexity index is 592. The average Bonchev–Trinajstić information content (AvgIpc) is 2.93. The molecule has 0 saturated heterocycles. The highest BCUT2D eigenvalue weighted by Gasteiger charge is 2.35. The third-order valence-electron chi connectivity index (χ3n) is 3.34. The Morgan fingerprint density at radius 2 is 2.22 bits per heavy atom. The number of carbonyl (C=O) groups is 1. The van der Waals surface area contributed by atoms with Crippen LogP contribution in [0.5, 0.6) is 0 Å². The number of furan rings is 1. The molecule has 1 aliphatic rings. The van der Waals surface area contributed by atoms with E-state index in [-0.39, 0.29) is 11.8 Å². The monoisotopic (exact) mass is 305 g/mol. The number of benzene rings is 1. The first-order valence-corrected chi connectivity index (χ1v) is 6.55. The normalized spacial score (nSPS) is 18.2. The summed E-state index contributed by atoms with van der Waals surface area (Å²) in [6.45, 7) is 0. The minimum absolute atomic E-state index is 0.125. The first-order valence-electron chi connectivity index (χ1n) is 5.76. The predicted octanol–water partition coefficient (Wildman–Crippen LogP) is 3.34. The van der Waals surface area contributed by atoms with E-state index in [1.165, 1.54) is 0 Å². The standard InChI is InChI=1S/C14H12BrNO2/c1-16-13-5-4-9(15)7-11(13)12(14(16)17)8-10-3-2-6-18-10/h2-7,12H,8H2,1H3/t12-/m1/s1. The third-order valence-corrected chi connectivity index (χ3v) is 3.83. The Labute approximate surface area is 114 Å². The van der Waals surface area contributed by atoms with E-state index in [1.54, 1.807) is 11.2 Å². The third kappa shape index (κ3) is 1.77. The summed E-state index contributed by atoms with van der Waals surface area (Å²) in [4.78, 5) is 14.0. The molecule has 0 spiro atoms. The molecule has 0 fully saturated rings. The molecular weight excluding hydrogens is 294 g/mol. The van der Waals surface area contributed by atoms with Gasteiger partial charge < -0.3 is 9.32 Å². The summed E-state index contributed by atoms with van der Waals surface area (Å²) in [6, 6.07) is 9.70. The molecule has 0 saturated carbocycles. The van der Waals surface area contributed by atoms with Crippen molar-refractivity contribution in [1.82, 2.24) is 0 Å². The van der Waals surface area contributed by atoms with E-state index in [2.05, 4.69) is 15.9 Å². The van der Waals surface area contributed by atoms with Gasteiger partial charge in [-0.3, -0.25) is 4.79 Å². The molecule has 4 heteroatoms. The minimum Gasteiger partial charge on any atom is -0.469 e. The van der Waals surface area contributed by atoms with Crippen LogP contribution in [0.3, 0.4) is 0 Å². The number of likely N-dealkylation sites (N-methyl/N-ethyl adjacent to an activating group) is 1. The van der Waals surface area contributed by atoms with Gasteiger partial charge in [0.25, 0.3) is 0 Å². The zero-order valence-electron chi connectivity index (χ0n) is 9.89. The van der Waals surface area contributed by atoms with Gasteiger partial charge in [-0.1, -0.05) is 15.9 Å².